The molecule has 2 saturated heterocycles. The molecule has 12 heteroatoms. The topological polar surface area (TPSA) is 92.3 Å². The summed E-state index contributed by atoms with van der Waals surface area (Å²) in [6, 6.07) is 3.50. The number of carbonyl (C=O) groups excluding carboxylic acids is 2. The van der Waals surface area contributed by atoms with Gasteiger partial charge in [0.15, 0.2) is 5.57 Å². The molecular weight excluding hydrogens is 434 g/mol. The van der Waals surface area contributed by atoms with Crippen molar-refractivity contribution in [2.75, 3.05) is 5.32 Å². The first-order chi connectivity index (χ1) is 14.5. The van der Waals surface area contributed by atoms with Gasteiger partial charge < -0.3 is 28.8 Å². The van der Waals surface area contributed by atoms with Gasteiger partial charge in [0.1, 0.15) is 5.75 Å². The SMILES string of the molecule is CC1(C)OC(=O)C(=CNc2cc(OC(F)(F)F)ccc2B2OC(C)(C)C(C)(C)O2)C(=O)O1. The van der Waals surface area contributed by atoms with E-state index in [1.54, 1.807) is 0 Å². The first kappa shape index (κ1) is 23.9. The highest BCUT2D eigenvalue weighted by molar-refractivity contribution is 6.64. The number of hydrogen-bond acceptors (Lipinski definition) is 8. The summed E-state index contributed by atoms with van der Waals surface area (Å²) in [5, 5.41) is 2.66. The number of rotatable bonds is 4. The van der Waals surface area contributed by atoms with E-state index in [1.165, 1.54) is 19.9 Å². The summed E-state index contributed by atoms with van der Waals surface area (Å²) in [6.45, 7) is 10.1. The summed E-state index contributed by atoms with van der Waals surface area (Å²) >= 11 is 0. The van der Waals surface area contributed by atoms with Gasteiger partial charge in [-0.3, -0.25) is 0 Å². The van der Waals surface area contributed by atoms with E-state index in [0.717, 1.165) is 18.3 Å². The Hall–Kier alpha value is -2.73. The second-order valence-corrected chi connectivity index (χ2v) is 8.77. The molecule has 1 aromatic carbocycles. The van der Waals surface area contributed by atoms with Crippen molar-refractivity contribution in [1.29, 1.82) is 0 Å². The monoisotopic (exact) mass is 457 g/mol. The zero-order chi connectivity index (χ0) is 24.1. The molecule has 0 aromatic heterocycles. The molecule has 2 fully saturated rings. The standard InChI is InChI=1S/C20H23BF3NO7/c1-17(2)18(3,4)32-21(31-17)13-8-7-11(28-20(22,23)24)9-14(13)25-10-12-15(26)29-19(5,6)30-16(12)27/h7-10,25H,1-6H3. The molecule has 2 aliphatic rings. The van der Waals surface area contributed by atoms with Crippen LogP contribution in [0.1, 0.15) is 41.5 Å². The molecule has 0 spiro atoms. The molecule has 2 aliphatic heterocycles. The minimum atomic E-state index is -4.91. The third-order valence-corrected chi connectivity index (χ3v) is 5.25. The lowest BCUT2D eigenvalue weighted by Gasteiger charge is -2.32. The Balaban J connectivity index is 1.96. The molecule has 1 N–H and O–H groups in total. The highest BCUT2D eigenvalue weighted by atomic mass is 19.4. The van der Waals surface area contributed by atoms with Gasteiger partial charge in [-0.25, -0.2) is 9.59 Å². The fourth-order valence-electron chi connectivity index (χ4n) is 2.96. The molecule has 1 aromatic rings. The molecule has 0 bridgehead atoms. The molecule has 0 aliphatic carbocycles. The van der Waals surface area contributed by atoms with Crippen molar-refractivity contribution >= 4 is 30.2 Å². The van der Waals surface area contributed by atoms with E-state index in [2.05, 4.69) is 10.1 Å². The highest BCUT2D eigenvalue weighted by Crippen LogP contribution is 2.37. The predicted molar refractivity (Wildman–Crippen MR) is 107 cm³/mol. The van der Waals surface area contributed by atoms with Crippen molar-refractivity contribution in [3.05, 3.63) is 30.0 Å². The number of carbonyl (C=O) groups is 2. The summed E-state index contributed by atoms with van der Waals surface area (Å²) in [4.78, 5) is 24.3. The van der Waals surface area contributed by atoms with Crippen molar-refractivity contribution in [2.24, 2.45) is 0 Å². The van der Waals surface area contributed by atoms with Crippen LogP contribution in [-0.2, 0) is 28.4 Å². The van der Waals surface area contributed by atoms with E-state index in [0.29, 0.717) is 5.46 Å². The van der Waals surface area contributed by atoms with E-state index >= 15 is 0 Å². The molecule has 174 valence electrons. The Morgan fingerprint density at radius 1 is 0.969 bits per heavy atom. The van der Waals surface area contributed by atoms with Crippen LogP contribution in [0.2, 0.25) is 0 Å². The van der Waals surface area contributed by atoms with Gasteiger partial charge in [-0.1, -0.05) is 6.07 Å². The van der Waals surface area contributed by atoms with Gasteiger partial charge in [-0.15, -0.1) is 13.2 Å². The number of alkyl halides is 3. The third-order valence-electron chi connectivity index (χ3n) is 5.25. The second kappa shape index (κ2) is 7.70. The van der Waals surface area contributed by atoms with Gasteiger partial charge in [0, 0.05) is 37.3 Å². The molecule has 3 rings (SSSR count). The molecule has 8 nitrogen and oxygen atoms in total. The maximum Gasteiger partial charge on any atom is 0.573 e. The first-order valence-electron chi connectivity index (χ1n) is 9.68. The summed E-state index contributed by atoms with van der Waals surface area (Å²) in [5.74, 6) is -3.84. The molecule has 0 amide bonds. The Morgan fingerprint density at radius 3 is 2.00 bits per heavy atom. The molecule has 0 saturated carbocycles. The minimum absolute atomic E-state index is 0.0585. The van der Waals surface area contributed by atoms with Crippen molar-refractivity contribution in [3.8, 4) is 5.75 Å². The van der Waals surface area contributed by atoms with E-state index in [1.807, 2.05) is 27.7 Å². The summed E-state index contributed by atoms with van der Waals surface area (Å²) in [5.41, 5.74) is -1.50. The van der Waals surface area contributed by atoms with Crippen molar-refractivity contribution in [1.82, 2.24) is 0 Å². The molecule has 0 atom stereocenters. The Bertz CT molecular complexity index is 934. The van der Waals surface area contributed by atoms with Gasteiger partial charge >= 0.3 is 25.4 Å². The lowest BCUT2D eigenvalue weighted by Crippen LogP contribution is -2.42. The minimum Gasteiger partial charge on any atom is -0.419 e. The number of benzene rings is 1. The molecule has 0 radical (unpaired) electrons. The maximum absolute atomic E-state index is 12.7. The number of cyclic esters (lactones) is 2. The lowest BCUT2D eigenvalue weighted by atomic mass is 9.77. The second-order valence-electron chi connectivity index (χ2n) is 8.77. The average molecular weight is 457 g/mol. The molecular formula is C20H23BF3NO7. The zero-order valence-corrected chi connectivity index (χ0v) is 18.4. The van der Waals surface area contributed by atoms with Gasteiger partial charge in [0.25, 0.3) is 5.79 Å². The number of esters is 2. The number of ether oxygens (including phenoxy) is 3. The number of nitrogens with one attached hydrogen (secondary N) is 1. The summed E-state index contributed by atoms with van der Waals surface area (Å²) in [6.07, 6.45) is -3.93. The van der Waals surface area contributed by atoms with Crippen LogP contribution in [0.5, 0.6) is 5.75 Å². The number of hydrogen-bond donors (Lipinski definition) is 1. The largest absolute Gasteiger partial charge is 0.573 e. The summed E-state index contributed by atoms with van der Waals surface area (Å²) < 4.78 is 64.0. The van der Waals surface area contributed by atoms with Crippen molar-refractivity contribution in [2.45, 2.75) is 64.9 Å². The number of anilines is 1. The quantitative estimate of drug-likeness (QED) is 0.320. The highest BCUT2D eigenvalue weighted by Gasteiger charge is 2.52. The number of halogens is 3. The van der Waals surface area contributed by atoms with Crippen LogP contribution in [-0.4, -0.2) is 42.4 Å². The lowest BCUT2D eigenvalue weighted by molar-refractivity contribution is -0.274. The maximum atomic E-state index is 12.7. The van der Waals surface area contributed by atoms with Crippen LogP contribution in [0.25, 0.3) is 0 Å². The first-order valence-corrected chi connectivity index (χ1v) is 9.68. The zero-order valence-electron chi connectivity index (χ0n) is 18.4. The predicted octanol–water partition coefficient (Wildman–Crippen LogP) is 3.02. The van der Waals surface area contributed by atoms with Crippen molar-refractivity contribution < 1.29 is 46.3 Å². The average Bonchev–Trinajstić information content (AvgIpc) is 2.79. The third kappa shape index (κ3) is 5.02. The van der Waals surface area contributed by atoms with Gasteiger partial charge in [0.2, 0.25) is 0 Å². The van der Waals surface area contributed by atoms with E-state index in [9.17, 15) is 22.8 Å². The van der Waals surface area contributed by atoms with Crippen LogP contribution >= 0.6 is 0 Å². The molecule has 32 heavy (non-hydrogen) atoms. The van der Waals surface area contributed by atoms with E-state index in [4.69, 9.17) is 18.8 Å². The van der Waals surface area contributed by atoms with Gasteiger partial charge in [-0.2, -0.15) is 0 Å². The smallest absolute Gasteiger partial charge is 0.419 e. The normalized spacial score (nSPS) is 21.7. The Labute approximate surface area is 183 Å². The molecule has 2 heterocycles. The fourth-order valence-corrected chi connectivity index (χ4v) is 2.96. The van der Waals surface area contributed by atoms with Crippen LogP contribution in [0.15, 0.2) is 30.0 Å². The van der Waals surface area contributed by atoms with E-state index in [-0.39, 0.29) is 5.69 Å². The Morgan fingerprint density at radius 2 is 1.50 bits per heavy atom. The molecule has 0 unspecified atom stereocenters. The van der Waals surface area contributed by atoms with Crippen LogP contribution in [0.3, 0.4) is 0 Å². The fraction of sp³-hybridized carbons (Fsp3) is 0.500. The van der Waals surface area contributed by atoms with Gasteiger partial charge in [0.05, 0.1) is 11.2 Å². The van der Waals surface area contributed by atoms with Crippen molar-refractivity contribution in [3.63, 3.8) is 0 Å². The summed E-state index contributed by atoms with van der Waals surface area (Å²) in [7, 11) is -0.940. The van der Waals surface area contributed by atoms with Crippen LogP contribution < -0.4 is 15.5 Å². The van der Waals surface area contributed by atoms with Gasteiger partial charge in [-0.05, 0) is 33.8 Å². The Kier molecular flexibility index (Phi) is 5.76. The van der Waals surface area contributed by atoms with Crippen LogP contribution in [0.4, 0.5) is 18.9 Å². The van der Waals surface area contributed by atoms with E-state index < -0.39 is 53.7 Å². The van der Waals surface area contributed by atoms with Crippen LogP contribution in [0, 0.1) is 0 Å².